The van der Waals surface area contributed by atoms with E-state index in [1.165, 1.54) is 6.07 Å². The number of amides is 1. The SMILES string of the molecule is CCN(CC)C(=O)c1c(C(F)F)cccc1[Si](C)(C)C. The van der Waals surface area contributed by atoms with Crippen LogP contribution in [0, 0.1) is 0 Å². The van der Waals surface area contributed by atoms with Gasteiger partial charge in [-0.2, -0.15) is 0 Å². The lowest BCUT2D eigenvalue weighted by molar-refractivity contribution is 0.0762. The fourth-order valence-corrected chi connectivity index (χ4v) is 3.88. The number of alkyl halides is 2. The summed E-state index contributed by atoms with van der Waals surface area (Å²) in [4.78, 5) is 14.2. The van der Waals surface area contributed by atoms with Gasteiger partial charge in [-0.15, -0.1) is 0 Å². The quantitative estimate of drug-likeness (QED) is 0.760. The molecule has 0 spiro atoms. The van der Waals surface area contributed by atoms with E-state index in [-0.39, 0.29) is 17.0 Å². The van der Waals surface area contributed by atoms with E-state index in [1.807, 2.05) is 19.9 Å². The highest BCUT2D eigenvalue weighted by atomic mass is 28.3. The molecule has 0 N–H and O–H groups in total. The van der Waals surface area contributed by atoms with Gasteiger partial charge in [-0.1, -0.05) is 37.8 Å². The smallest absolute Gasteiger partial charge is 0.264 e. The summed E-state index contributed by atoms with van der Waals surface area (Å²) in [5.41, 5.74) is 0.0900. The Labute approximate surface area is 120 Å². The van der Waals surface area contributed by atoms with Crippen molar-refractivity contribution in [2.24, 2.45) is 0 Å². The molecule has 0 unspecified atom stereocenters. The Bertz CT molecular complexity index is 479. The maximum atomic E-state index is 13.3. The first-order valence-corrected chi connectivity index (χ1v) is 10.4. The van der Waals surface area contributed by atoms with Crippen LogP contribution in [0.1, 0.15) is 36.2 Å². The second-order valence-electron chi connectivity index (χ2n) is 5.80. The van der Waals surface area contributed by atoms with Gasteiger partial charge in [0, 0.05) is 24.2 Å². The Balaban J connectivity index is 3.51. The minimum Gasteiger partial charge on any atom is -0.339 e. The summed E-state index contributed by atoms with van der Waals surface area (Å²) in [6.45, 7) is 11.0. The summed E-state index contributed by atoms with van der Waals surface area (Å²) in [7, 11) is -1.87. The van der Waals surface area contributed by atoms with E-state index in [9.17, 15) is 13.6 Å². The number of halogens is 2. The van der Waals surface area contributed by atoms with Gasteiger partial charge in [0.25, 0.3) is 12.3 Å². The highest BCUT2D eigenvalue weighted by Crippen LogP contribution is 2.24. The standard InChI is InChI=1S/C15H23F2NOSi/c1-6-18(7-2)15(19)13-11(14(16)17)9-8-10-12(13)20(3,4)5/h8-10,14H,6-7H2,1-5H3. The number of nitrogens with zero attached hydrogens (tertiary/aromatic N) is 1. The molecule has 112 valence electrons. The Morgan fingerprint density at radius 2 is 1.75 bits per heavy atom. The molecule has 0 aromatic heterocycles. The monoisotopic (exact) mass is 299 g/mol. The molecular formula is C15H23F2NOSi. The molecule has 0 heterocycles. The first-order chi connectivity index (χ1) is 9.23. The first-order valence-electron chi connectivity index (χ1n) is 6.94. The van der Waals surface area contributed by atoms with Gasteiger partial charge in [0.15, 0.2) is 0 Å². The van der Waals surface area contributed by atoms with Crippen molar-refractivity contribution in [3.05, 3.63) is 29.3 Å². The van der Waals surface area contributed by atoms with E-state index in [0.717, 1.165) is 5.19 Å². The molecule has 0 saturated heterocycles. The van der Waals surface area contributed by atoms with E-state index in [0.29, 0.717) is 13.1 Å². The van der Waals surface area contributed by atoms with Gasteiger partial charge in [0.1, 0.15) is 0 Å². The number of benzene rings is 1. The fraction of sp³-hybridized carbons (Fsp3) is 0.533. The van der Waals surface area contributed by atoms with E-state index >= 15 is 0 Å². The maximum absolute atomic E-state index is 13.3. The normalized spacial score (nSPS) is 11.8. The molecule has 1 amide bonds. The second-order valence-corrected chi connectivity index (χ2v) is 10.8. The van der Waals surface area contributed by atoms with Crippen LogP contribution in [0.5, 0.6) is 0 Å². The molecule has 0 fully saturated rings. The van der Waals surface area contributed by atoms with Crippen LogP contribution >= 0.6 is 0 Å². The Morgan fingerprint density at radius 3 is 2.15 bits per heavy atom. The molecule has 5 heteroatoms. The van der Waals surface area contributed by atoms with Gasteiger partial charge in [0.05, 0.1) is 8.07 Å². The predicted molar refractivity (Wildman–Crippen MR) is 81.6 cm³/mol. The van der Waals surface area contributed by atoms with E-state index < -0.39 is 14.5 Å². The molecule has 0 aliphatic heterocycles. The summed E-state index contributed by atoms with van der Waals surface area (Å²) in [5.74, 6) is -0.275. The molecule has 0 bridgehead atoms. The lowest BCUT2D eigenvalue weighted by Gasteiger charge is -2.26. The topological polar surface area (TPSA) is 20.3 Å². The van der Waals surface area contributed by atoms with Crippen molar-refractivity contribution in [2.75, 3.05) is 13.1 Å². The molecule has 20 heavy (non-hydrogen) atoms. The third kappa shape index (κ3) is 3.45. The average Bonchev–Trinajstić information content (AvgIpc) is 2.37. The fourth-order valence-electron chi connectivity index (χ4n) is 2.28. The lowest BCUT2D eigenvalue weighted by atomic mass is 10.1. The van der Waals surface area contributed by atoms with Crippen LogP contribution in [0.4, 0.5) is 8.78 Å². The number of carbonyl (C=O) groups excluding carboxylic acids is 1. The van der Waals surface area contributed by atoms with Gasteiger partial charge in [-0.05, 0) is 19.0 Å². The van der Waals surface area contributed by atoms with Crippen LogP contribution < -0.4 is 5.19 Å². The second kappa shape index (κ2) is 6.48. The molecule has 0 aliphatic rings. The predicted octanol–water partition coefficient (Wildman–Crippen LogP) is 3.65. The molecule has 1 aromatic rings. The summed E-state index contributed by atoms with van der Waals surface area (Å²) in [6.07, 6.45) is -2.62. The first kappa shape index (κ1) is 16.8. The van der Waals surface area contributed by atoms with Crippen LogP contribution in [0.25, 0.3) is 0 Å². The third-order valence-electron chi connectivity index (χ3n) is 3.40. The molecular weight excluding hydrogens is 276 g/mol. The van der Waals surface area contributed by atoms with Gasteiger partial charge in [0.2, 0.25) is 0 Å². The van der Waals surface area contributed by atoms with Crippen LogP contribution in [0.2, 0.25) is 19.6 Å². The van der Waals surface area contributed by atoms with Gasteiger partial charge in [-0.3, -0.25) is 4.79 Å². The molecule has 0 atom stereocenters. The number of rotatable bonds is 5. The van der Waals surface area contributed by atoms with Crippen molar-refractivity contribution >= 4 is 19.2 Å². The zero-order chi connectivity index (χ0) is 15.5. The lowest BCUT2D eigenvalue weighted by Crippen LogP contribution is -2.45. The Morgan fingerprint density at radius 1 is 1.20 bits per heavy atom. The zero-order valence-corrected chi connectivity index (χ0v) is 13.8. The van der Waals surface area contributed by atoms with Crippen molar-refractivity contribution in [3.63, 3.8) is 0 Å². The average molecular weight is 299 g/mol. The van der Waals surface area contributed by atoms with Crippen molar-refractivity contribution < 1.29 is 13.6 Å². The van der Waals surface area contributed by atoms with Crippen LogP contribution in [0.3, 0.4) is 0 Å². The Kier molecular flexibility index (Phi) is 5.45. The van der Waals surface area contributed by atoms with E-state index in [1.54, 1.807) is 11.0 Å². The highest BCUT2D eigenvalue weighted by Gasteiger charge is 2.30. The van der Waals surface area contributed by atoms with Crippen molar-refractivity contribution in [3.8, 4) is 0 Å². The molecule has 0 saturated carbocycles. The van der Waals surface area contributed by atoms with Gasteiger partial charge in [-0.25, -0.2) is 8.78 Å². The molecule has 1 aromatic carbocycles. The van der Waals surface area contributed by atoms with Crippen molar-refractivity contribution in [2.45, 2.75) is 39.9 Å². The van der Waals surface area contributed by atoms with Gasteiger partial charge >= 0.3 is 0 Å². The van der Waals surface area contributed by atoms with Crippen molar-refractivity contribution in [1.29, 1.82) is 0 Å². The zero-order valence-electron chi connectivity index (χ0n) is 12.8. The van der Waals surface area contributed by atoms with Crippen LogP contribution in [-0.4, -0.2) is 32.0 Å². The molecule has 0 aliphatic carbocycles. The Hall–Kier alpha value is -1.23. The molecule has 2 nitrogen and oxygen atoms in total. The van der Waals surface area contributed by atoms with E-state index in [2.05, 4.69) is 19.6 Å². The van der Waals surface area contributed by atoms with Crippen LogP contribution in [0.15, 0.2) is 18.2 Å². The van der Waals surface area contributed by atoms with Crippen molar-refractivity contribution in [1.82, 2.24) is 4.90 Å². The summed E-state index contributed by atoms with van der Waals surface area (Å²) in [5, 5.41) is 0.812. The number of hydrogen-bond donors (Lipinski definition) is 0. The third-order valence-corrected chi connectivity index (χ3v) is 5.44. The highest BCUT2D eigenvalue weighted by molar-refractivity contribution is 6.89. The maximum Gasteiger partial charge on any atom is 0.264 e. The minimum absolute atomic E-state index is 0.137. The molecule has 0 radical (unpaired) electrons. The van der Waals surface area contributed by atoms with Gasteiger partial charge < -0.3 is 4.90 Å². The number of hydrogen-bond acceptors (Lipinski definition) is 1. The summed E-state index contributed by atoms with van der Waals surface area (Å²) < 4.78 is 26.5. The van der Waals surface area contributed by atoms with E-state index in [4.69, 9.17) is 0 Å². The van der Waals surface area contributed by atoms with Crippen LogP contribution in [-0.2, 0) is 0 Å². The number of carbonyl (C=O) groups is 1. The molecule has 1 rings (SSSR count). The summed E-state index contributed by atoms with van der Waals surface area (Å²) in [6, 6.07) is 4.83. The summed E-state index contributed by atoms with van der Waals surface area (Å²) >= 11 is 0. The largest absolute Gasteiger partial charge is 0.339 e. The minimum atomic E-state index is -2.62.